The van der Waals surface area contributed by atoms with E-state index in [0.717, 1.165) is 0 Å². The van der Waals surface area contributed by atoms with Gasteiger partial charge in [0, 0.05) is 20.4 Å². The Morgan fingerprint density at radius 2 is 2.00 bits per heavy atom. The van der Waals surface area contributed by atoms with Gasteiger partial charge >= 0.3 is 5.97 Å². The van der Waals surface area contributed by atoms with E-state index in [1.165, 1.54) is 13.8 Å². The number of ketones is 1. The summed E-state index contributed by atoms with van der Waals surface area (Å²) in [5.74, 6) is -0.478. The fraction of sp³-hybridized carbons (Fsp3) is 0.462. The molecule has 2 heterocycles. The highest BCUT2D eigenvalue weighted by Gasteiger charge is 2.18. The van der Waals surface area contributed by atoms with Gasteiger partial charge in [-0.15, -0.1) is 0 Å². The van der Waals surface area contributed by atoms with Gasteiger partial charge < -0.3 is 15.0 Å². The molecule has 0 aliphatic rings. The molecule has 0 aromatic carbocycles. The number of unbranched alkanes of at least 4 members (excludes halogenated alkanes) is 1. The number of nitrogens with one attached hydrogen (secondary N) is 1. The first-order valence-electron chi connectivity index (χ1n) is 6.80. The summed E-state index contributed by atoms with van der Waals surface area (Å²) in [5.41, 5.74) is 5.42. The second-order valence-electron chi connectivity index (χ2n) is 4.81. The lowest BCUT2D eigenvalue weighted by molar-refractivity contribution is -0.141. The molecule has 0 radical (unpaired) electrons. The number of hydrogen-bond donors (Lipinski definition) is 2. The number of nitrogens with two attached hydrogens (primary N) is 1. The Morgan fingerprint density at radius 3 is 2.64 bits per heavy atom. The van der Waals surface area contributed by atoms with Crippen LogP contribution in [-0.2, 0) is 16.1 Å². The van der Waals surface area contributed by atoms with Gasteiger partial charge in [0.15, 0.2) is 22.8 Å². The summed E-state index contributed by atoms with van der Waals surface area (Å²) in [4.78, 5) is 44.6. The number of carbonyl (C=O) groups excluding carboxylic acids is 2. The maximum Gasteiger partial charge on any atom is 0.302 e. The van der Waals surface area contributed by atoms with E-state index in [2.05, 4.69) is 15.0 Å². The van der Waals surface area contributed by atoms with Gasteiger partial charge in [-0.25, -0.2) is 4.98 Å². The van der Waals surface area contributed by atoms with Crippen LogP contribution in [0.25, 0.3) is 11.2 Å². The third-order valence-corrected chi connectivity index (χ3v) is 3.02. The molecule has 0 atom stereocenters. The Labute approximate surface area is 125 Å². The number of rotatable bonds is 6. The maximum absolute atomic E-state index is 11.8. The topological polar surface area (TPSA) is 133 Å². The summed E-state index contributed by atoms with van der Waals surface area (Å²) in [6.45, 7) is 3.43. The number of imidazole rings is 1. The van der Waals surface area contributed by atoms with Crippen molar-refractivity contribution in [2.45, 2.75) is 33.2 Å². The number of nitrogen functional groups attached to an aromatic ring is 1. The molecule has 0 saturated carbocycles. The lowest BCUT2D eigenvalue weighted by Crippen LogP contribution is -2.13. The number of aryl methyl sites for hydroxylation is 1. The fourth-order valence-electron chi connectivity index (χ4n) is 2.10. The van der Waals surface area contributed by atoms with Crippen LogP contribution in [0.3, 0.4) is 0 Å². The van der Waals surface area contributed by atoms with Crippen molar-refractivity contribution >= 4 is 28.9 Å². The van der Waals surface area contributed by atoms with Crippen LogP contribution >= 0.6 is 0 Å². The minimum absolute atomic E-state index is 0.0336. The van der Waals surface area contributed by atoms with E-state index in [9.17, 15) is 14.4 Å². The number of aromatic nitrogens is 4. The first kappa shape index (κ1) is 15.7. The van der Waals surface area contributed by atoms with Crippen LogP contribution in [0.4, 0.5) is 5.95 Å². The number of ether oxygens (including phenoxy) is 1. The smallest absolute Gasteiger partial charge is 0.302 e. The minimum Gasteiger partial charge on any atom is -0.466 e. The van der Waals surface area contributed by atoms with Crippen LogP contribution in [0.15, 0.2) is 4.79 Å². The van der Waals surface area contributed by atoms with Crippen LogP contribution < -0.4 is 11.3 Å². The number of carbonyl (C=O) groups is 2. The van der Waals surface area contributed by atoms with Gasteiger partial charge in [0.05, 0.1) is 6.61 Å². The number of esters is 1. The quantitative estimate of drug-likeness (QED) is 0.444. The highest BCUT2D eigenvalue weighted by molar-refractivity contribution is 5.94. The summed E-state index contributed by atoms with van der Waals surface area (Å²) >= 11 is 0. The van der Waals surface area contributed by atoms with Crippen LogP contribution in [0, 0.1) is 0 Å². The Hall–Kier alpha value is -2.71. The van der Waals surface area contributed by atoms with Crippen molar-refractivity contribution < 1.29 is 14.3 Å². The van der Waals surface area contributed by atoms with Crippen LogP contribution in [0.5, 0.6) is 0 Å². The molecular formula is C13H17N5O4. The zero-order valence-corrected chi connectivity index (χ0v) is 12.4. The maximum atomic E-state index is 11.8. The highest BCUT2D eigenvalue weighted by Crippen LogP contribution is 2.13. The predicted octanol–water partition coefficient (Wildman–Crippen LogP) is 0.248. The molecule has 2 aromatic heterocycles. The van der Waals surface area contributed by atoms with E-state index in [0.29, 0.717) is 26.0 Å². The zero-order chi connectivity index (χ0) is 16.3. The van der Waals surface area contributed by atoms with Gasteiger partial charge in [0.2, 0.25) is 5.95 Å². The molecule has 2 aromatic rings. The second-order valence-corrected chi connectivity index (χ2v) is 4.81. The zero-order valence-electron chi connectivity index (χ0n) is 12.4. The number of fused-ring (bicyclic) bond motifs is 1. The summed E-state index contributed by atoms with van der Waals surface area (Å²) in [7, 11) is 0. The standard InChI is InChI=1S/C13H17N5O4/c1-7(19)10-15-9-11(16-13(14)17-12(9)21)18(10)5-3-4-6-22-8(2)20/h3-6H2,1-2H3,(H3,14,16,17,21). The van der Waals surface area contributed by atoms with E-state index in [1.807, 2.05) is 0 Å². The summed E-state index contributed by atoms with van der Waals surface area (Å²) < 4.78 is 6.41. The molecule has 0 spiro atoms. The van der Waals surface area contributed by atoms with Crippen molar-refractivity contribution in [1.82, 2.24) is 19.5 Å². The number of nitrogens with zero attached hydrogens (tertiary/aromatic N) is 3. The number of H-pyrrole nitrogens is 1. The number of anilines is 1. The Kier molecular flexibility index (Phi) is 4.54. The lowest BCUT2D eigenvalue weighted by atomic mass is 10.3. The second kappa shape index (κ2) is 6.37. The highest BCUT2D eigenvalue weighted by atomic mass is 16.5. The molecule has 2 rings (SSSR count). The molecule has 0 aliphatic heterocycles. The van der Waals surface area contributed by atoms with E-state index in [4.69, 9.17) is 10.5 Å². The molecule has 3 N–H and O–H groups in total. The molecule has 0 aliphatic carbocycles. The summed E-state index contributed by atoms with van der Waals surface area (Å²) in [6.07, 6.45) is 1.25. The van der Waals surface area contributed by atoms with Crippen molar-refractivity contribution in [1.29, 1.82) is 0 Å². The third kappa shape index (κ3) is 3.30. The fourth-order valence-corrected chi connectivity index (χ4v) is 2.10. The molecule has 9 nitrogen and oxygen atoms in total. The average molecular weight is 307 g/mol. The van der Waals surface area contributed by atoms with Crippen LogP contribution in [0.2, 0.25) is 0 Å². The molecule has 118 valence electrons. The van der Waals surface area contributed by atoms with Crippen LogP contribution in [-0.4, -0.2) is 37.9 Å². The average Bonchev–Trinajstić information content (AvgIpc) is 2.77. The van der Waals surface area contributed by atoms with Crippen molar-refractivity contribution in [3.05, 3.63) is 16.2 Å². The first-order valence-corrected chi connectivity index (χ1v) is 6.80. The van der Waals surface area contributed by atoms with Gasteiger partial charge in [-0.2, -0.15) is 4.98 Å². The molecular weight excluding hydrogens is 290 g/mol. The molecule has 22 heavy (non-hydrogen) atoms. The normalized spacial score (nSPS) is 10.8. The van der Waals surface area contributed by atoms with Gasteiger partial charge in [-0.3, -0.25) is 19.4 Å². The molecule has 0 amide bonds. The van der Waals surface area contributed by atoms with Crippen molar-refractivity contribution in [3.63, 3.8) is 0 Å². The van der Waals surface area contributed by atoms with Crippen molar-refractivity contribution in [3.8, 4) is 0 Å². The SMILES string of the molecule is CC(=O)OCCCCn1c(C(C)=O)nc2c(=O)[nH]c(N)nc21. The number of hydrogen-bond acceptors (Lipinski definition) is 7. The first-order chi connectivity index (χ1) is 10.4. The largest absolute Gasteiger partial charge is 0.466 e. The lowest BCUT2D eigenvalue weighted by Gasteiger charge is -2.07. The monoisotopic (exact) mass is 307 g/mol. The van der Waals surface area contributed by atoms with E-state index in [-0.39, 0.29) is 34.7 Å². The van der Waals surface area contributed by atoms with Gasteiger partial charge in [-0.05, 0) is 12.8 Å². The van der Waals surface area contributed by atoms with Crippen LogP contribution in [0.1, 0.15) is 37.3 Å². The molecule has 0 fully saturated rings. The van der Waals surface area contributed by atoms with E-state index >= 15 is 0 Å². The van der Waals surface area contributed by atoms with Gasteiger partial charge in [-0.1, -0.05) is 0 Å². The van der Waals surface area contributed by atoms with Crippen molar-refractivity contribution in [2.75, 3.05) is 12.3 Å². The van der Waals surface area contributed by atoms with Gasteiger partial charge in [0.25, 0.3) is 5.56 Å². The Morgan fingerprint density at radius 1 is 1.27 bits per heavy atom. The van der Waals surface area contributed by atoms with E-state index in [1.54, 1.807) is 4.57 Å². The molecule has 9 heteroatoms. The Balaban J connectivity index is 2.26. The molecule has 0 unspecified atom stereocenters. The van der Waals surface area contributed by atoms with E-state index < -0.39 is 5.56 Å². The minimum atomic E-state index is -0.483. The third-order valence-electron chi connectivity index (χ3n) is 3.02. The number of Topliss-reactive ketones (excluding diaryl/α,β-unsaturated/α-hetero) is 1. The van der Waals surface area contributed by atoms with Gasteiger partial charge in [0.1, 0.15) is 0 Å². The van der Waals surface area contributed by atoms with Crippen molar-refractivity contribution in [2.24, 2.45) is 0 Å². The molecule has 0 bridgehead atoms. The number of aromatic amines is 1. The summed E-state index contributed by atoms with van der Waals surface area (Å²) in [6, 6.07) is 0. The predicted molar refractivity (Wildman–Crippen MR) is 78.4 cm³/mol. The molecule has 0 saturated heterocycles. The summed E-state index contributed by atoms with van der Waals surface area (Å²) in [5, 5.41) is 0. The Bertz CT molecular complexity index is 777.